The highest BCUT2D eigenvalue weighted by atomic mass is 16.5. The summed E-state index contributed by atoms with van der Waals surface area (Å²) in [5.74, 6) is 1.10. The Morgan fingerprint density at radius 2 is 1.74 bits per heavy atom. The van der Waals surface area contributed by atoms with Gasteiger partial charge in [-0.1, -0.05) is 20.8 Å². The van der Waals surface area contributed by atoms with Gasteiger partial charge in [0.15, 0.2) is 0 Å². The zero-order chi connectivity index (χ0) is 24.6. The first kappa shape index (κ1) is 22.5. The lowest BCUT2D eigenvalue weighted by molar-refractivity contribution is -0.117. The van der Waals surface area contributed by atoms with Crippen molar-refractivity contribution < 1.29 is 14.3 Å². The highest BCUT2D eigenvalue weighted by molar-refractivity contribution is 6.03. The first-order valence-corrected chi connectivity index (χ1v) is 11.4. The minimum Gasteiger partial charge on any atom is -0.457 e. The summed E-state index contributed by atoms with van der Waals surface area (Å²) in [4.78, 5) is 33.4. The first-order valence-electron chi connectivity index (χ1n) is 11.4. The molecular weight excluding hydrogens is 442 g/mol. The van der Waals surface area contributed by atoms with Gasteiger partial charge in [-0.25, -0.2) is 4.68 Å². The van der Waals surface area contributed by atoms with Crippen molar-refractivity contribution in [2.75, 3.05) is 5.32 Å². The fourth-order valence-electron chi connectivity index (χ4n) is 3.92. The molecule has 1 aliphatic carbocycles. The molecule has 0 radical (unpaired) electrons. The third-order valence-corrected chi connectivity index (χ3v) is 5.80. The van der Waals surface area contributed by atoms with E-state index in [-0.39, 0.29) is 17.1 Å². The number of carbonyl (C=O) groups is 2. The van der Waals surface area contributed by atoms with E-state index in [2.05, 4.69) is 41.2 Å². The molecule has 1 amide bonds. The fourth-order valence-corrected chi connectivity index (χ4v) is 3.92. The third kappa shape index (κ3) is 4.68. The molecule has 0 spiro atoms. The Hall–Kier alpha value is -4.33. The largest absolute Gasteiger partial charge is 0.457 e. The number of fused-ring (bicyclic) bond motifs is 1. The van der Waals surface area contributed by atoms with Crippen molar-refractivity contribution in [3.05, 3.63) is 89.8 Å². The van der Waals surface area contributed by atoms with E-state index in [1.165, 1.54) is 0 Å². The molecule has 0 fully saturated rings. The number of hydrogen-bond acceptors (Lipinski definition) is 6. The average molecular weight is 468 g/mol. The summed E-state index contributed by atoms with van der Waals surface area (Å²) < 4.78 is 7.65. The van der Waals surface area contributed by atoms with Gasteiger partial charge < -0.3 is 10.1 Å². The Morgan fingerprint density at radius 1 is 1.00 bits per heavy atom. The summed E-state index contributed by atoms with van der Waals surface area (Å²) in [6, 6.07) is 14.3. The summed E-state index contributed by atoms with van der Waals surface area (Å²) in [5, 5.41) is 7.63. The van der Waals surface area contributed by atoms with Gasteiger partial charge in [0.25, 0.3) is 5.91 Å². The number of nitrogens with zero attached hydrogens (tertiary/aromatic N) is 4. The number of pyridine rings is 2. The van der Waals surface area contributed by atoms with Crippen molar-refractivity contribution in [3.63, 3.8) is 0 Å². The van der Waals surface area contributed by atoms with Gasteiger partial charge in [0.2, 0.25) is 0 Å². The van der Waals surface area contributed by atoms with Crippen LogP contribution in [0.15, 0.2) is 67.1 Å². The molecule has 0 saturated heterocycles. The average Bonchev–Trinajstić information content (AvgIpc) is 3.45. The Balaban J connectivity index is 1.35. The highest BCUT2D eigenvalue weighted by Crippen LogP contribution is 2.31. The fraction of sp³-hybridized carbons (Fsp3) is 0.222. The normalized spacial score (nSPS) is 12.9. The number of benzene rings is 1. The van der Waals surface area contributed by atoms with E-state index in [9.17, 15) is 9.59 Å². The van der Waals surface area contributed by atoms with Crippen LogP contribution >= 0.6 is 0 Å². The van der Waals surface area contributed by atoms with Crippen LogP contribution in [0.5, 0.6) is 11.5 Å². The molecule has 1 aromatic carbocycles. The van der Waals surface area contributed by atoms with Crippen LogP contribution in [0.25, 0.3) is 5.69 Å². The zero-order valence-corrected chi connectivity index (χ0v) is 19.8. The Bertz CT molecular complexity index is 1400. The predicted octanol–water partition coefficient (Wildman–Crippen LogP) is 4.67. The Morgan fingerprint density at radius 3 is 2.46 bits per heavy atom. The van der Waals surface area contributed by atoms with Gasteiger partial charge in [0, 0.05) is 48.1 Å². The zero-order valence-electron chi connectivity index (χ0n) is 19.8. The first-order chi connectivity index (χ1) is 16.8. The second-order valence-corrected chi connectivity index (χ2v) is 9.49. The molecule has 0 aliphatic heterocycles. The molecule has 5 rings (SSSR count). The number of ether oxygens (including phenoxy) is 1. The van der Waals surface area contributed by atoms with E-state index >= 15 is 0 Å². The van der Waals surface area contributed by atoms with Gasteiger partial charge in [-0.2, -0.15) is 5.10 Å². The van der Waals surface area contributed by atoms with Crippen molar-refractivity contribution in [1.82, 2.24) is 19.7 Å². The van der Waals surface area contributed by atoms with Gasteiger partial charge in [-0.3, -0.25) is 19.6 Å². The van der Waals surface area contributed by atoms with Crippen LogP contribution in [0.3, 0.4) is 0 Å². The molecule has 1 N–H and O–H groups in total. The van der Waals surface area contributed by atoms with Crippen LogP contribution in [-0.2, 0) is 23.1 Å². The number of Topliss-reactive ketones (excluding diaryl/α,β-unsaturated/α-hetero) is 1. The van der Waals surface area contributed by atoms with Crippen LogP contribution in [0.2, 0.25) is 0 Å². The van der Waals surface area contributed by atoms with Gasteiger partial charge >= 0.3 is 0 Å². The highest BCUT2D eigenvalue weighted by Gasteiger charge is 2.25. The second kappa shape index (κ2) is 8.79. The van der Waals surface area contributed by atoms with E-state index in [1.54, 1.807) is 53.6 Å². The van der Waals surface area contributed by atoms with Crippen LogP contribution in [-0.4, -0.2) is 31.4 Å². The number of rotatable bonds is 5. The molecular formula is C27H25N5O3. The smallest absolute Gasteiger partial charge is 0.274 e. The maximum atomic E-state index is 13.2. The lowest BCUT2D eigenvalue weighted by atomic mass is 9.92. The molecule has 0 saturated carbocycles. The van der Waals surface area contributed by atoms with Crippen LogP contribution in [0.1, 0.15) is 48.2 Å². The van der Waals surface area contributed by atoms with Gasteiger partial charge in [0.05, 0.1) is 17.1 Å². The van der Waals surface area contributed by atoms with Gasteiger partial charge in [-0.15, -0.1) is 0 Å². The number of nitrogens with one attached hydrogen (secondary N) is 1. The lowest BCUT2D eigenvalue weighted by Gasteiger charge is -2.14. The number of carbonyl (C=O) groups excluding carboxylic acids is 2. The van der Waals surface area contributed by atoms with E-state index in [4.69, 9.17) is 4.74 Å². The summed E-state index contributed by atoms with van der Waals surface area (Å²) >= 11 is 0. The van der Waals surface area contributed by atoms with Gasteiger partial charge in [0.1, 0.15) is 23.0 Å². The molecule has 35 heavy (non-hydrogen) atoms. The van der Waals surface area contributed by atoms with Crippen LogP contribution < -0.4 is 10.1 Å². The Labute approximate surface area is 203 Å². The van der Waals surface area contributed by atoms with Crippen molar-refractivity contribution in [1.29, 1.82) is 0 Å². The molecule has 0 bridgehead atoms. The van der Waals surface area contributed by atoms with Crippen molar-refractivity contribution >= 4 is 17.4 Å². The maximum absolute atomic E-state index is 13.2. The molecule has 3 aromatic heterocycles. The maximum Gasteiger partial charge on any atom is 0.274 e. The summed E-state index contributed by atoms with van der Waals surface area (Å²) in [6.07, 6.45) is 5.68. The summed E-state index contributed by atoms with van der Waals surface area (Å²) in [7, 11) is 0. The van der Waals surface area contributed by atoms with E-state index in [0.717, 1.165) is 22.6 Å². The third-order valence-electron chi connectivity index (χ3n) is 5.80. The topological polar surface area (TPSA) is 99.0 Å². The predicted molar refractivity (Wildman–Crippen MR) is 131 cm³/mol. The van der Waals surface area contributed by atoms with Crippen LogP contribution in [0, 0.1) is 0 Å². The van der Waals surface area contributed by atoms with E-state index < -0.39 is 0 Å². The minimum atomic E-state index is -0.274. The minimum absolute atomic E-state index is 0.141. The van der Waals surface area contributed by atoms with Crippen LogP contribution in [0.4, 0.5) is 5.69 Å². The van der Waals surface area contributed by atoms with Crippen molar-refractivity contribution in [3.8, 4) is 17.2 Å². The quantitative estimate of drug-likeness (QED) is 0.458. The number of anilines is 1. The molecule has 8 heteroatoms. The number of ketones is 1. The number of amides is 1. The second-order valence-electron chi connectivity index (χ2n) is 9.49. The molecule has 0 unspecified atom stereocenters. The van der Waals surface area contributed by atoms with Crippen molar-refractivity contribution in [2.24, 2.45) is 0 Å². The molecule has 4 aromatic rings. The Kier molecular flexibility index (Phi) is 5.64. The SMILES string of the molecule is CC(C)(C)c1cc(C(=O)Nc2ccc(Oc3ccnc4c3CC(=O)C4)cc2)n(-c2ccncc2)n1. The van der Waals surface area contributed by atoms with E-state index in [0.29, 0.717) is 35.7 Å². The summed E-state index contributed by atoms with van der Waals surface area (Å²) in [5.41, 5.74) is 4.02. The number of hydrogen-bond donors (Lipinski definition) is 1. The molecule has 8 nitrogen and oxygen atoms in total. The van der Waals surface area contributed by atoms with Gasteiger partial charge in [-0.05, 0) is 48.5 Å². The monoisotopic (exact) mass is 467 g/mol. The number of aromatic nitrogens is 4. The molecule has 3 heterocycles. The summed E-state index contributed by atoms with van der Waals surface area (Å²) in [6.45, 7) is 6.17. The van der Waals surface area contributed by atoms with Crippen molar-refractivity contribution in [2.45, 2.75) is 39.0 Å². The molecule has 176 valence electrons. The molecule has 0 atom stereocenters. The standard InChI is InChI=1S/C27H25N5O3/c1-27(2,3)25-16-23(32(31-25)18-8-11-28-12-9-18)26(34)30-17-4-6-20(7-5-17)35-24-10-13-29-22-15-19(33)14-21(22)24/h4-13,16H,14-15H2,1-3H3,(H,30,34). The molecule has 1 aliphatic rings. The lowest BCUT2D eigenvalue weighted by Crippen LogP contribution is -2.17. The van der Waals surface area contributed by atoms with E-state index in [1.807, 2.05) is 18.2 Å².